The summed E-state index contributed by atoms with van der Waals surface area (Å²) in [6.07, 6.45) is 3.63. The summed E-state index contributed by atoms with van der Waals surface area (Å²) in [5.74, 6) is 0.887. The van der Waals surface area contributed by atoms with Crippen molar-refractivity contribution in [3.8, 4) is 5.75 Å². The normalized spacial score (nSPS) is 11.9. The highest BCUT2D eigenvalue weighted by molar-refractivity contribution is 5.29. The fourth-order valence-electron chi connectivity index (χ4n) is 2.37. The predicted molar refractivity (Wildman–Crippen MR) is 88.7 cm³/mol. The van der Waals surface area contributed by atoms with Crippen LogP contribution in [-0.4, -0.2) is 41.2 Å². The number of ether oxygens (including phenoxy) is 1. The van der Waals surface area contributed by atoms with Gasteiger partial charge in [0.15, 0.2) is 0 Å². The Kier molecular flexibility index (Phi) is 7.68. The molecule has 0 bridgehead atoms. The van der Waals surface area contributed by atoms with Gasteiger partial charge in [-0.05, 0) is 33.8 Å². The van der Waals surface area contributed by atoms with Gasteiger partial charge in [0.1, 0.15) is 12.4 Å². The van der Waals surface area contributed by atoms with E-state index in [1.807, 2.05) is 18.5 Å². The smallest absolute Gasteiger partial charge is 0.142 e. The Hall–Kier alpha value is -1.13. The highest BCUT2D eigenvalue weighted by Gasteiger charge is 2.13. The Bertz CT molecular complexity index is 397. The number of pyridine rings is 1. The molecule has 0 radical (unpaired) electrons. The van der Waals surface area contributed by atoms with E-state index in [2.05, 4.69) is 56.7 Å². The van der Waals surface area contributed by atoms with Gasteiger partial charge in [-0.3, -0.25) is 9.88 Å². The Morgan fingerprint density at radius 3 is 2.38 bits per heavy atom. The molecule has 0 fully saturated rings. The van der Waals surface area contributed by atoms with Crippen LogP contribution in [0.5, 0.6) is 5.75 Å². The summed E-state index contributed by atoms with van der Waals surface area (Å²) in [5, 5.41) is 3.42. The van der Waals surface area contributed by atoms with Gasteiger partial charge in [0.2, 0.25) is 0 Å². The van der Waals surface area contributed by atoms with Crippen LogP contribution in [0.25, 0.3) is 0 Å². The van der Waals surface area contributed by atoms with E-state index in [0.29, 0.717) is 24.7 Å². The topological polar surface area (TPSA) is 37.4 Å². The molecule has 0 aliphatic heterocycles. The molecule has 1 aromatic rings. The second kappa shape index (κ2) is 9.00. The summed E-state index contributed by atoms with van der Waals surface area (Å²) < 4.78 is 5.96. The molecule has 120 valence electrons. The van der Waals surface area contributed by atoms with Gasteiger partial charge in [-0.1, -0.05) is 13.8 Å². The van der Waals surface area contributed by atoms with E-state index in [9.17, 15) is 0 Å². The average Bonchev–Trinajstić information content (AvgIpc) is 2.41. The zero-order valence-corrected chi connectivity index (χ0v) is 14.4. The number of rotatable bonds is 9. The Balaban J connectivity index is 2.54. The number of hydrogen-bond acceptors (Lipinski definition) is 4. The largest absolute Gasteiger partial charge is 0.490 e. The fourth-order valence-corrected chi connectivity index (χ4v) is 2.37. The van der Waals surface area contributed by atoms with E-state index >= 15 is 0 Å². The molecular formula is C17H31N3O. The minimum absolute atomic E-state index is 0.461. The molecule has 4 heteroatoms. The first-order valence-corrected chi connectivity index (χ1v) is 7.96. The summed E-state index contributed by atoms with van der Waals surface area (Å²) >= 11 is 0. The molecule has 21 heavy (non-hydrogen) atoms. The molecule has 0 aromatic carbocycles. The van der Waals surface area contributed by atoms with Crippen molar-refractivity contribution in [3.05, 3.63) is 24.0 Å². The van der Waals surface area contributed by atoms with Crippen molar-refractivity contribution in [2.45, 2.75) is 66.2 Å². The molecule has 0 unspecified atom stereocenters. The molecule has 0 atom stereocenters. The van der Waals surface area contributed by atoms with Crippen LogP contribution in [0.3, 0.4) is 0 Å². The lowest BCUT2D eigenvalue weighted by Crippen LogP contribution is -2.39. The van der Waals surface area contributed by atoms with Gasteiger partial charge in [-0.15, -0.1) is 0 Å². The molecule has 0 spiro atoms. The minimum Gasteiger partial charge on any atom is -0.490 e. The van der Waals surface area contributed by atoms with Crippen LogP contribution < -0.4 is 10.1 Å². The summed E-state index contributed by atoms with van der Waals surface area (Å²) in [4.78, 5) is 6.61. The maximum atomic E-state index is 5.96. The number of nitrogens with one attached hydrogen (secondary N) is 1. The van der Waals surface area contributed by atoms with Crippen molar-refractivity contribution < 1.29 is 4.74 Å². The molecule has 1 heterocycles. The lowest BCUT2D eigenvalue weighted by Gasteiger charge is -2.30. The highest BCUT2D eigenvalue weighted by Crippen LogP contribution is 2.16. The van der Waals surface area contributed by atoms with Gasteiger partial charge in [0.05, 0.1) is 6.20 Å². The molecule has 0 aliphatic rings. The zero-order chi connectivity index (χ0) is 15.8. The van der Waals surface area contributed by atoms with Gasteiger partial charge in [-0.2, -0.15) is 0 Å². The maximum absolute atomic E-state index is 5.96. The van der Waals surface area contributed by atoms with Crippen molar-refractivity contribution in [2.24, 2.45) is 0 Å². The monoisotopic (exact) mass is 293 g/mol. The van der Waals surface area contributed by atoms with Gasteiger partial charge >= 0.3 is 0 Å². The third kappa shape index (κ3) is 6.44. The fraction of sp³-hybridized carbons (Fsp3) is 0.706. The molecule has 0 aliphatic carbocycles. The summed E-state index contributed by atoms with van der Waals surface area (Å²) in [5.41, 5.74) is 1.17. The van der Waals surface area contributed by atoms with Crippen LogP contribution in [0, 0.1) is 0 Å². The molecule has 1 aromatic heterocycles. The van der Waals surface area contributed by atoms with Crippen molar-refractivity contribution in [1.29, 1.82) is 0 Å². The lowest BCUT2D eigenvalue weighted by atomic mass is 10.2. The van der Waals surface area contributed by atoms with E-state index in [1.54, 1.807) is 0 Å². The van der Waals surface area contributed by atoms with Gasteiger partial charge in [0.25, 0.3) is 0 Å². The molecule has 0 saturated carbocycles. The first-order chi connectivity index (χ1) is 9.91. The zero-order valence-electron chi connectivity index (χ0n) is 14.4. The van der Waals surface area contributed by atoms with Crippen LogP contribution in [0.4, 0.5) is 0 Å². The van der Waals surface area contributed by atoms with Crippen molar-refractivity contribution in [1.82, 2.24) is 15.2 Å². The summed E-state index contributed by atoms with van der Waals surface area (Å²) in [7, 11) is 0. The van der Waals surface area contributed by atoms with Gasteiger partial charge < -0.3 is 10.1 Å². The average molecular weight is 293 g/mol. The molecule has 4 nitrogen and oxygen atoms in total. The van der Waals surface area contributed by atoms with E-state index in [0.717, 1.165) is 18.8 Å². The Morgan fingerprint density at radius 2 is 1.81 bits per heavy atom. The molecule has 0 saturated heterocycles. The van der Waals surface area contributed by atoms with Crippen LogP contribution in [-0.2, 0) is 6.54 Å². The van der Waals surface area contributed by atoms with E-state index < -0.39 is 0 Å². The van der Waals surface area contributed by atoms with Crippen LogP contribution in [0.15, 0.2) is 18.5 Å². The summed E-state index contributed by atoms with van der Waals surface area (Å²) in [6, 6.07) is 3.55. The van der Waals surface area contributed by atoms with Crippen molar-refractivity contribution >= 4 is 0 Å². The third-order valence-corrected chi connectivity index (χ3v) is 3.50. The number of aromatic nitrogens is 1. The Morgan fingerprint density at radius 1 is 1.14 bits per heavy atom. The van der Waals surface area contributed by atoms with Crippen LogP contribution in [0.2, 0.25) is 0 Å². The third-order valence-electron chi connectivity index (χ3n) is 3.50. The van der Waals surface area contributed by atoms with Crippen LogP contribution in [0.1, 0.15) is 47.1 Å². The molecule has 1 N–H and O–H groups in total. The van der Waals surface area contributed by atoms with Crippen molar-refractivity contribution in [3.63, 3.8) is 0 Å². The first kappa shape index (κ1) is 17.9. The van der Waals surface area contributed by atoms with Crippen LogP contribution >= 0.6 is 0 Å². The molecule has 1 rings (SSSR count). The number of hydrogen-bond donors (Lipinski definition) is 1. The van der Waals surface area contributed by atoms with E-state index in [4.69, 9.17) is 4.74 Å². The molecule has 0 amide bonds. The molecular weight excluding hydrogens is 262 g/mol. The summed E-state index contributed by atoms with van der Waals surface area (Å²) in [6.45, 7) is 15.6. The minimum atomic E-state index is 0.461. The van der Waals surface area contributed by atoms with Gasteiger partial charge in [0, 0.05) is 43.0 Å². The number of nitrogens with zero attached hydrogens (tertiary/aromatic N) is 2. The first-order valence-electron chi connectivity index (χ1n) is 7.96. The highest BCUT2D eigenvalue weighted by atomic mass is 16.5. The Labute approximate surface area is 129 Å². The second-order valence-electron chi connectivity index (χ2n) is 6.29. The maximum Gasteiger partial charge on any atom is 0.142 e. The second-order valence-corrected chi connectivity index (χ2v) is 6.29. The van der Waals surface area contributed by atoms with E-state index in [-0.39, 0.29) is 0 Å². The van der Waals surface area contributed by atoms with Crippen molar-refractivity contribution in [2.75, 3.05) is 13.2 Å². The lowest BCUT2D eigenvalue weighted by molar-refractivity contribution is 0.141. The quantitative estimate of drug-likeness (QED) is 0.759. The van der Waals surface area contributed by atoms with E-state index in [1.165, 1.54) is 5.56 Å². The SMILES string of the molecule is CC(C)NCc1ccncc1OCCN(C(C)C)C(C)C. The van der Waals surface area contributed by atoms with Gasteiger partial charge in [-0.25, -0.2) is 0 Å². The predicted octanol–water partition coefficient (Wildman–Crippen LogP) is 3.08. The standard InChI is InChI=1S/C17H31N3O/c1-13(2)19-11-16-7-8-18-12-17(16)21-10-9-20(14(3)4)15(5)6/h7-8,12-15,19H,9-11H2,1-6H3.